The van der Waals surface area contributed by atoms with Crippen molar-refractivity contribution >= 4 is 0 Å². The standard InChI is InChI=1S/C29H48O3/c1-3-4-5-6-23-9-14-26(15-10-23)27-16-11-24(12-17-27)7-8-25-13-18-29(32-21-25)28(19-20-30)22-31-2/h9-10,14-15,24-25,27-30H,3-8,11-13,16-22H2,1-2H3. The SMILES string of the molecule is CCCCCc1ccc(C2CCC(CCC3CCC(C(CCO)COC)OC3)CC2)cc1. The Balaban J connectivity index is 1.33. The number of aliphatic hydroxyl groups excluding tert-OH is 1. The summed E-state index contributed by atoms with van der Waals surface area (Å²) >= 11 is 0. The first kappa shape index (κ1) is 25.7. The predicted octanol–water partition coefficient (Wildman–Crippen LogP) is 6.91. The van der Waals surface area contributed by atoms with Crippen molar-refractivity contribution in [3.63, 3.8) is 0 Å². The molecular formula is C29H48O3. The molecule has 0 aromatic heterocycles. The highest BCUT2D eigenvalue weighted by molar-refractivity contribution is 5.26. The highest BCUT2D eigenvalue weighted by atomic mass is 16.5. The normalized spacial score (nSPS) is 27.3. The summed E-state index contributed by atoms with van der Waals surface area (Å²) in [4.78, 5) is 0. The molecule has 3 unspecified atom stereocenters. The number of aryl methyl sites for hydroxylation is 1. The molecule has 1 heterocycles. The third kappa shape index (κ3) is 8.15. The summed E-state index contributed by atoms with van der Waals surface area (Å²) in [5.41, 5.74) is 3.08. The second-order valence-electron chi connectivity index (χ2n) is 10.5. The fourth-order valence-corrected chi connectivity index (χ4v) is 5.97. The fraction of sp³-hybridized carbons (Fsp3) is 0.793. The Bertz CT molecular complexity index is 591. The van der Waals surface area contributed by atoms with E-state index in [0.29, 0.717) is 12.5 Å². The van der Waals surface area contributed by atoms with E-state index in [1.165, 1.54) is 76.2 Å². The molecule has 1 aromatic rings. The molecule has 182 valence electrons. The van der Waals surface area contributed by atoms with Gasteiger partial charge in [0.15, 0.2) is 0 Å². The van der Waals surface area contributed by atoms with Gasteiger partial charge >= 0.3 is 0 Å². The molecule has 1 N–H and O–H groups in total. The third-order valence-corrected chi connectivity index (χ3v) is 8.16. The van der Waals surface area contributed by atoms with E-state index in [1.807, 2.05) is 0 Å². The third-order valence-electron chi connectivity index (χ3n) is 8.16. The van der Waals surface area contributed by atoms with Crippen LogP contribution < -0.4 is 0 Å². The molecule has 32 heavy (non-hydrogen) atoms. The molecule has 1 aliphatic heterocycles. The lowest BCUT2D eigenvalue weighted by Crippen LogP contribution is -2.35. The van der Waals surface area contributed by atoms with Gasteiger partial charge in [-0.25, -0.2) is 0 Å². The smallest absolute Gasteiger partial charge is 0.0626 e. The van der Waals surface area contributed by atoms with Crippen molar-refractivity contribution in [3.05, 3.63) is 35.4 Å². The highest BCUT2D eigenvalue weighted by Crippen LogP contribution is 2.39. The van der Waals surface area contributed by atoms with Crippen LogP contribution in [0, 0.1) is 17.8 Å². The van der Waals surface area contributed by atoms with Crippen molar-refractivity contribution in [1.29, 1.82) is 0 Å². The lowest BCUT2D eigenvalue weighted by atomic mass is 9.76. The number of hydrogen-bond donors (Lipinski definition) is 1. The van der Waals surface area contributed by atoms with Crippen LogP contribution >= 0.6 is 0 Å². The Morgan fingerprint density at radius 3 is 2.31 bits per heavy atom. The summed E-state index contributed by atoms with van der Waals surface area (Å²) in [7, 11) is 1.74. The zero-order valence-corrected chi connectivity index (χ0v) is 20.8. The van der Waals surface area contributed by atoms with Crippen molar-refractivity contribution in [2.45, 2.75) is 102 Å². The average Bonchev–Trinajstić information content (AvgIpc) is 2.84. The number of rotatable bonds is 13. The Labute approximate surface area is 197 Å². The minimum absolute atomic E-state index is 0.225. The number of unbranched alkanes of at least 4 members (excludes halogenated alkanes) is 2. The van der Waals surface area contributed by atoms with Crippen molar-refractivity contribution in [2.75, 3.05) is 26.9 Å². The van der Waals surface area contributed by atoms with Gasteiger partial charge in [-0.2, -0.15) is 0 Å². The fourth-order valence-electron chi connectivity index (χ4n) is 5.97. The molecule has 1 aromatic carbocycles. The van der Waals surface area contributed by atoms with Gasteiger partial charge in [0, 0.05) is 26.2 Å². The molecule has 2 fully saturated rings. The van der Waals surface area contributed by atoms with Crippen LogP contribution in [-0.2, 0) is 15.9 Å². The molecule has 1 saturated heterocycles. The average molecular weight is 445 g/mol. The Morgan fingerprint density at radius 1 is 0.969 bits per heavy atom. The van der Waals surface area contributed by atoms with E-state index in [1.54, 1.807) is 12.7 Å². The van der Waals surface area contributed by atoms with Gasteiger partial charge in [0.1, 0.15) is 0 Å². The summed E-state index contributed by atoms with van der Waals surface area (Å²) in [6.45, 7) is 4.09. The van der Waals surface area contributed by atoms with E-state index in [4.69, 9.17) is 9.47 Å². The second-order valence-corrected chi connectivity index (χ2v) is 10.5. The van der Waals surface area contributed by atoms with Gasteiger partial charge < -0.3 is 14.6 Å². The molecule has 2 aliphatic rings. The molecule has 3 atom stereocenters. The molecule has 3 heteroatoms. The van der Waals surface area contributed by atoms with Crippen LogP contribution in [0.4, 0.5) is 0 Å². The van der Waals surface area contributed by atoms with E-state index in [0.717, 1.165) is 37.2 Å². The summed E-state index contributed by atoms with van der Waals surface area (Å²) < 4.78 is 11.6. The van der Waals surface area contributed by atoms with Crippen LogP contribution in [-0.4, -0.2) is 38.1 Å². The Morgan fingerprint density at radius 2 is 1.69 bits per heavy atom. The monoisotopic (exact) mass is 444 g/mol. The van der Waals surface area contributed by atoms with E-state index in [-0.39, 0.29) is 12.7 Å². The van der Waals surface area contributed by atoms with Crippen molar-refractivity contribution < 1.29 is 14.6 Å². The van der Waals surface area contributed by atoms with Crippen molar-refractivity contribution in [2.24, 2.45) is 17.8 Å². The lowest BCUT2D eigenvalue weighted by molar-refractivity contribution is -0.0700. The molecule has 1 aliphatic carbocycles. The summed E-state index contributed by atoms with van der Waals surface area (Å²) in [5, 5.41) is 9.31. The van der Waals surface area contributed by atoms with Gasteiger partial charge in [-0.05, 0) is 93.1 Å². The van der Waals surface area contributed by atoms with Crippen LogP contribution in [0.3, 0.4) is 0 Å². The number of methoxy groups -OCH3 is 1. The summed E-state index contributed by atoms with van der Waals surface area (Å²) in [6.07, 6.45) is 16.9. The molecule has 0 amide bonds. The molecule has 0 radical (unpaired) electrons. The van der Waals surface area contributed by atoms with Gasteiger partial charge in [-0.3, -0.25) is 0 Å². The van der Waals surface area contributed by atoms with Crippen LogP contribution in [0.5, 0.6) is 0 Å². The van der Waals surface area contributed by atoms with Gasteiger partial charge in [0.05, 0.1) is 12.7 Å². The van der Waals surface area contributed by atoms with E-state index < -0.39 is 0 Å². The van der Waals surface area contributed by atoms with Crippen molar-refractivity contribution in [1.82, 2.24) is 0 Å². The maximum absolute atomic E-state index is 9.31. The van der Waals surface area contributed by atoms with Crippen LogP contribution in [0.15, 0.2) is 24.3 Å². The number of ether oxygens (including phenoxy) is 2. The van der Waals surface area contributed by atoms with Crippen molar-refractivity contribution in [3.8, 4) is 0 Å². The minimum Gasteiger partial charge on any atom is -0.396 e. The number of hydrogen-bond acceptors (Lipinski definition) is 3. The summed E-state index contributed by atoms with van der Waals surface area (Å²) in [6, 6.07) is 9.59. The van der Waals surface area contributed by atoms with Crippen LogP contribution in [0.2, 0.25) is 0 Å². The van der Waals surface area contributed by atoms with Crippen LogP contribution in [0.1, 0.15) is 101 Å². The topological polar surface area (TPSA) is 38.7 Å². The first-order chi connectivity index (χ1) is 15.7. The molecular weight excluding hydrogens is 396 g/mol. The Hall–Kier alpha value is -0.900. The molecule has 0 bridgehead atoms. The quantitative estimate of drug-likeness (QED) is 0.336. The first-order valence-electron chi connectivity index (χ1n) is 13.5. The Kier molecular flexibility index (Phi) is 11.6. The lowest BCUT2D eigenvalue weighted by Gasteiger charge is -2.35. The zero-order chi connectivity index (χ0) is 22.6. The minimum atomic E-state index is 0.225. The largest absolute Gasteiger partial charge is 0.396 e. The van der Waals surface area contributed by atoms with Crippen LogP contribution in [0.25, 0.3) is 0 Å². The van der Waals surface area contributed by atoms with Gasteiger partial charge in [-0.15, -0.1) is 0 Å². The maximum Gasteiger partial charge on any atom is 0.0626 e. The first-order valence-corrected chi connectivity index (χ1v) is 13.5. The molecule has 3 rings (SSSR count). The molecule has 1 saturated carbocycles. The van der Waals surface area contributed by atoms with E-state index in [2.05, 4.69) is 31.2 Å². The second kappa shape index (κ2) is 14.4. The predicted molar refractivity (Wildman–Crippen MR) is 133 cm³/mol. The van der Waals surface area contributed by atoms with E-state index >= 15 is 0 Å². The number of aliphatic hydroxyl groups is 1. The summed E-state index contributed by atoms with van der Waals surface area (Å²) in [5.74, 6) is 2.75. The maximum atomic E-state index is 9.31. The molecule has 3 nitrogen and oxygen atoms in total. The van der Waals surface area contributed by atoms with Gasteiger partial charge in [-0.1, -0.05) is 50.5 Å². The zero-order valence-electron chi connectivity index (χ0n) is 20.8. The van der Waals surface area contributed by atoms with Gasteiger partial charge in [0.25, 0.3) is 0 Å². The van der Waals surface area contributed by atoms with E-state index in [9.17, 15) is 5.11 Å². The highest BCUT2D eigenvalue weighted by Gasteiger charge is 2.29. The number of benzene rings is 1. The van der Waals surface area contributed by atoms with Gasteiger partial charge in [0.2, 0.25) is 0 Å². The molecule has 0 spiro atoms.